The van der Waals surface area contributed by atoms with Crippen LogP contribution < -0.4 is 4.74 Å². The first-order chi connectivity index (χ1) is 10.2. The number of aryl methyl sites for hydroxylation is 1. The van der Waals surface area contributed by atoms with Gasteiger partial charge in [0.2, 0.25) is 0 Å². The Morgan fingerprint density at radius 1 is 1.33 bits per heavy atom. The molecule has 1 aliphatic heterocycles. The molecule has 1 N–H and O–H groups in total. The van der Waals surface area contributed by atoms with E-state index in [9.17, 15) is 4.79 Å². The molecule has 1 fully saturated rings. The second-order valence-corrected chi connectivity index (χ2v) is 5.66. The molecule has 0 radical (unpaired) electrons. The number of benzene rings is 1. The van der Waals surface area contributed by atoms with Crippen molar-refractivity contribution < 1.29 is 14.7 Å². The first kappa shape index (κ1) is 13.9. The van der Waals surface area contributed by atoms with Gasteiger partial charge in [-0.15, -0.1) is 0 Å². The predicted octanol–water partition coefficient (Wildman–Crippen LogP) is 2.20. The molecular weight excluding hydrogens is 268 g/mol. The summed E-state index contributed by atoms with van der Waals surface area (Å²) >= 11 is 0. The van der Waals surface area contributed by atoms with Crippen molar-refractivity contribution in [3.05, 3.63) is 29.3 Å². The maximum atomic E-state index is 12.2. The molecule has 0 saturated carbocycles. The molecule has 1 aromatic rings. The third kappa shape index (κ3) is 2.73. The standard InChI is InChI=1S/C16H20N2O3/c1-11(16(19)18-8-2-3-9-18)21-13-5-6-14-12(10-13)4-7-15(14)17-20/h5-6,10-11,20H,2-4,7-9H2,1H3/b17-15+. The van der Waals surface area contributed by atoms with Gasteiger partial charge in [-0.25, -0.2) is 0 Å². The van der Waals surface area contributed by atoms with Crippen molar-refractivity contribution in [2.45, 2.75) is 38.7 Å². The van der Waals surface area contributed by atoms with Crippen LogP contribution >= 0.6 is 0 Å². The van der Waals surface area contributed by atoms with E-state index in [1.807, 2.05) is 23.1 Å². The zero-order valence-electron chi connectivity index (χ0n) is 12.2. The number of hydrogen-bond acceptors (Lipinski definition) is 4. The zero-order valence-corrected chi connectivity index (χ0v) is 12.2. The van der Waals surface area contributed by atoms with Crippen LogP contribution in [0, 0.1) is 0 Å². The van der Waals surface area contributed by atoms with Crippen LogP contribution in [0.25, 0.3) is 0 Å². The summed E-state index contributed by atoms with van der Waals surface area (Å²) < 4.78 is 5.79. The molecular formula is C16H20N2O3. The molecule has 112 valence electrons. The van der Waals surface area contributed by atoms with Crippen LogP contribution in [0.1, 0.15) is 37.3 Å². The summed E-state index contributed by atoms with van der Waals surface area (Å²) in [5.41, 5.74) is 2.81. The lowest BCUT2D eigenvalue weighted by molar-refractivity contribution is -0.136. The quantitative estimate of drug-likeness (QED) is 0.685. The van der Waals surface area contributed by atoms with Crippen molar-refractivity contribution in [3.8, 4) is 5.75 Å². The van der Waals surface area contributed by atoms with Crippen LogP contribution in [0.5, 0.6) is 5.75 Å². The molecule has 5 heteroatoms. The van der Waals surface area contributed by atoms with Gasteiger partial charge in [0, 0.05) is 18.7 Å². The van der Waals surface area contributed by atoms with Crippen LogP contribution in [0.2, 0.25) is 0 Å². The molecule has 1 unspecified atom stereocenters. The molecule has 5 nitrogen and oxygen atoms in total. The van der Waals surface area contributed by atoms with E-state index in [1.165, 1.54) is 0 Å². The normalized spacial score (nSPS) is 20.6. The summed E-state index contributed by atoms with van der Waals surface area (Å²) in [6, 6.07) is 5.68. The molecule has 1 atom stereocenters. The topological polar surface area (TPSA) is 62.1 Å². The van der Waals surface area contributed by atoms with Crippen LogP contribution in [0.15, 0.2) is 23.4 Å². The van der Waals surface area contributed by atoms with Gasteiger partial charge in [-0.1, -0.05) is 5.16 Å². The van der Waals surface area contributed by atoms with Crippen molar-refractivity contribution in [1.29, 1.82) is 0 Å². The van der Waals surface area contributed by atoms with E-state index in [1.54, 1.807) is 6.92 Å². The first-order valence-corrected chi connectivity index (χ1v) is 7.48. The minimum Gasteiger partial charge on any atom is -0.481 e. The molecule has 1 heterocycles. The van der Waals surface area contributed by atoms with Crippen molar-refractivity contribution >= 4 is 11.6 Å². The number of ether oxygens (including phenoxy) is 1. The monoisotopic (exact) mass is 288 g/mol. The summed E-state index contributed by atoms with van der Waals surface area (Å²) in [5.74, 6) is 0.763. The Hall–Kier alpha value is -2.04. The molecule has 2 aliphatic rings. The Morgan fingerprint density at radius 3 is 2.81 bits per heavy atom. The number of hydrogen-bond donors (Lipinski definition) is 1. The van der Waals surface area contributed by atoms with Gasteiger partial charge in [0.1, 0.15) is 5.75 Å². The molecule has 1 aliphatic carbocycles. The van der Waals surface area contributed by atoms with Gasteiger partial charge in [0.25, 0.3) is 5.91 Å². The van der Waals surface area contributed by atoms with Crippen LogP contribution in [-0.2, 0) is 11.2 Å². The lowest BCUT2D eigenvalue weighted by Crippen LogP contribution is -2.38. The average molecular weight is 288 g/mol. The van der Waals surface area contributed by atoms with Crippen molar-refractivity contribution in [3.63, 3.8) is 0 Å². The number of nitrogens with zero attached hydrogens (tertiary/aromatic N) is 2. The number of fused-ring (bicyclic) bond motifs is 1. The molecule has 1 amide bonds. The van der Waals surface area contributed by atoms with Crippen LogP contribution in [0.4, 0.5) is 0 Å². The Kier molecular flexibility index (Phi) is 3.82. The zero-order chi connectivity index (χ0) is 14.8. The van der Waals surface area contributed by atoms with Crippen LogP contribution in [-0.4, -0.2) is 40.9 Å². The van der Waals surface area contributed by atoms with Crippen molar-refractivity contribution in [1.82, 2.24) is 4.90 Å². The van der Waals surface area contributed by atoms with Gasteiger partial charge in [0.15, 0.2) is 6.10 Å². The van der Waals surface area contributed by atoms with Gasteiger partial charge >= 0.3 is 0 Å². The maximum absolute atomic E-state index is 12.2. The summed E-state index contributed by atoms with van der Waals surface area (Å²) in [6.07, 6.45) is 3.30. The van der Waals surface area contributed by atoms with E-state index in [0.717, 1.165) is 55.6 Å². The highest BCUT2D eigenvalue weighted by Crippen LogP contribution is 2.27. The number of rotatable bonds is 3. The summed E-state index contributed by atoms with van der Waals surface area (Å²) in [4.78, 5) is 14.1. The van der Waals surface area contributed by atoms with Crippen molar-refractivity contribution in [2.24, 2.45) is 5.16 Å². The Labute approximate surface area is 124 Å². The molecule has 1 aromatic carbocycles. The van der Waals surface area contributed by atoms with E-state index in [4.69, 9.17) is 9.94 Å². The highest BCUT2D eigenvalue weighted by atomic mass is 16.5. The molecule has 0 spiro atoms. The van der Waals surface area contributed by atoms with E-state index < -0.39 is 6.10 Å². The minimum atomic E-state index is -0.464. The molecule has 3 rings (SSSR count). The SMILES string of the molecule is CC(Oc1ccc2c(c1)CC/C2=N\O)C(=O)N1CCCC1. The molecule has 0 aromatic heterocycles. The Balaban J connectivity index is 1.69. The van der Waals surface area contributed by atoms with Crippen molar-refractivity contribution in [2.75, 3.05) is 13.1 Å². The third-order valence-electron chi connectivity index (χ3n) is 4.22. The van der Waals surface area contributed by atoms with Gasteiger partial charge in [-0.3, -0.25) is 4.79 Å². The number of amides is 1. The molecule has 1 saturated heterocycles. The van der Waals surface area contributed by atoms with Gasteiger partial charge < -0.3 is 14.8 Å². The minimum absolute atomic E-state index is 0.0607. The Morgan fingerprint density at radius 2 is 2.10 bits per heavy atom. The number of carbonyl (C=O) groups is 1. The highest BCUT2D eigenvalue weighted by Gasteiger charge is 2.25. The highest BCUT2D eigenvalue weighted by molar-refractivity contribution is 6.04. The maximum Gasteiger partial charge on any atom is 0.263 e. The summed E-state index contributed by atoms with van der Waals surface area (Å²) in [7, 11) is 0. The second-order valence-electron chi connectivity index (χ2n) is 5.66. The fourth-order valence-electron chi connectivity index (χ4n) is 3.07. The predicted molar refractivity (Wildman–Crippen MR) is 79.0 cm³/mol. The van der Waals surface area contributed by atoms with Gasteiger partial charge in [0.05, 0.1) is 5.71 Å². The third-order valence-corrected chi connectivity index (χ3v) is 4.22. The molecule has 21 heavy (non-hydrogen) atoms. The van der Waals surface area contributed by atoms with E-state index in [0.29, 0.717) is 5.75 Å². The summed E-state index contributed by atoms with van der Waals surface area (Å²) in [6.45, 7) is 3.48. The smallest absolute Gasteiger partial charge is 0.263 e. The number of carbonyl (C=O) groups excluding carboxylic acids is 1. The summed E-state index contributed by atoms with van der Waals surface area (Å²) in [5, 5.41) is 12.2. The number of oxime groups is 1. The molecule has 0 bridgehead atoms. The largest absolute Gasteiger partial charge is 0.481 e. The van der Waals surface area contributed by atoms with E-state index in [2.05, 4.69) is 5.16 Å². The lowest BCUT2D eigenvalue weighted by atomic mass is 10.1. The first-order valence-electron chi connectivity index (χ1n) is 7.48. The van der Waals surface area contributed by atoms with E-state index in [-0.39, 0.29) is 5.91 Å². The van der Waals surface area contributed by atoms with Crippen LogP contribution in [0.3, 0.4) is 0 Å². The van der Waals surface area contributed by atoms with Gasteiger partial charge in [-0.05, 0) is 56.4 Å². The number of likely N-dealkylation sites (tertiary alicyclic amines) is 1. The lowest BCUT2D eigenvalue weighted by Gasteiger charge is -2.21. The van der Waals surface area contributed by atoms with E-state index >= 15 is 0 Å². The average Bonchev–Trinajstić information content (AvgIpc) is 3.15. The second kappa shape index (κ2) is 5.76. The Bertz CT molecular complexity index is 577. The van der Waals surface area contributed by atoms with Gasteiger partial charge in [-0.2, -0.15) is 0 Å². The fourth-order valence-corrected chi connectivity index (χ4v) is 3.07. The fraction of sp³-hybridized carbons (Fsp3) is 0.500.